The summed E-state index contributed by atoms with van der Waals surface area (Å²) in [6.07, 6.45) is 2.25. The zero-order valence-electron chi connectivity index (χ0n) is 16.2. The first-order valence-electron chi connectivity index (χ1n) is 9.54. The van der Waals surface area contributed by atoms with Crippen molar-refractivity contribution in [1.82, 2.24) is 0 Å². The van der Waals surface area contributed by atoms with Crippen LogP contribution in [0, 0.1) is 0 Å². The van der Waals surface area contributed by atoms with Crippen molar-refractivity contribution in [3.8, 4) is 11.5 Å². The van der Waals surface area contributed by atoms with Crippen molar-refractivity contribution < 1.29 is 14.3 Å². The van der Waals surface area contributed by atoms with Gasteiger partial charge in [-0.1, -0.05) is 42.5 Å². The number of carbonyl (C=O) groups is 2. The third kappa shape index (κ3) is 4.24. The van der Waals surface area contributed by atoms with Crippen LogP contribution in [-0.2, 0) is 16.0 Å². The second kappa shape index (κ2) is 8.23. The van der Waals surface area contributed by atoms with Gasteiger partial charge in [-0.05, 0) is 54.0 Å². The van der Waals surface area contributed by atoms with Crippen molar-refractivity contribution in [3.63, 3.8) is 0 Å². The number of amides is 2. The van der Waals surface area contributed by atoms with E-state index in [0.29, 0.717) is 23.5 Å². The summed E-state index contributed by atoms with van der Waals surface area (Å²) in [5.41, 5.74) is 15.1. The number of fused-ring (bicyclic) bond motifs is 1. The van der Waals surface area contributed by atoms with E-state index in [2.05, 4.69) is 5.32 Å². The molecule has 0 saturated carbocycles. The molecule has 0 bridgehead atoms. The molecule has 1 aliphatic rings. The van der Waals surface area contributed by atoms with E-state index in [4.69, 9.17) is 16.2 Å². The van der Waals surface area contributed by atoms with Crippen molar-refractivity contribution >= 4 is 29.2 Å². The van der Waals surface area contributed by atoms with Gasteiger partial charge in [0.05, 0.1) is 6.04 Å². The van der Waals surface area contributed by atoms with Gasteiger partial charge in [-0.3, -0.25) is 9.59 Å². The highest BCUT2D eigenvalue weighted by atomic mass is 16.5. The maximum Gasteiger partial charge on any atom is 0.256 e. The number of primary amides is 1. The fourth-order valence-electron chi connectivity index (χ4n) is 3.27. The lowest BCUT2D eigenvalue weighted by Crippen LogP contribution is -2.38. The van der Waals surface area contributed by atoms with Crippen molar-refractivity contribution in [3.05, 3.63) is 89.5 Å². The molecular weight excluding hydrogens is 378 g/mol. The number of ether oxygens (including phenoxy) is 1. The van der Waals surface area contributed by atoms with Gasteiger partial charge in [-0.25, -0.2) is 0 Å². The largest absolute Gasteiger partial charge is 0.457 e. The Morgan fingerprint density at radius 2 is 1.60 bits per heavy atom. The van der Waals surface area contributed by atoms with E-state index < -0.39 is 11.9 Å². The summed E-state index contributed by atoms with van der Waals surface area (Å²) in [5.74, 6) is 0.716. The summed E-state index contributed by atoms with van der Waals surface area (Å²) in [6, 6.07) is 21.8. The number of nitrogens with two attached hydrogens (primary N) is 2. The van der Waals surface area contributed by atoms with Crippen LogP contribution in [-0.4, -0.2) is 17.9 Å². The fraction of sp³-hybridized carbons (Fsp3) is 0.0833. The number of nitrogens with one attached hydrogen (secondary N) is 1. The Kier molecular flexibility index (Phi) is 5.32. The van der Waals surface area contributed by atoms with Crippen molar-refractivity contribution in [2.24, 2.45) is 11.5 Å². The maximum atomic E-state index is 12.2. The molecule has 1 atom stereocenters. The normalized spacial score (nSPS) is 14.8. The highest BCUT2D eigenvalue weighted by Gasteiger charge is 2.23. The molecule has 0 aliphatic carbocycles. The van der Waals surface area contributed by atoms with Gasteiger partial charge in [0.1, 0.15) is 11.5 Å². The highest BCUT2D eigenvalue weighted by Crippen LogP contribution is 2.33. The molecule has 30 heavy (non-hydrogen) atoms. The number of carbonyl (C=O) groups excluding carboxylic acids is 2. The first kappa shape index (κ1) is 19.4. The molecule has 1 heterocycles. The second-order valence-electron chi connectivity index (χ2n) is 7.09. The molecule has 0 aromatic heterocycles. The fourth-order valence-corrected chi connectivity index (χ4v) is 3.27. The Morgan fingerprint density at radius 1 is 0.967 bits per heavy atom. The molecule has 0 saturated heterocycles. The number of hydrogen-bond acceptors (Lipinski definition) is 4. The van der Waals surface area contributed by atoms with Gasteiger partial charge in [0, 0.05) is 16.8 Å². The lowest BCUT2D eigenvalue weighted by molar-refractivity contribution is -0.119. The van der Waals surface area contributed by atoms with Crippen LogP contribution in [0.4, 0.5) is 5.69 Å². The van der Waals surface area contributed by atoms with Crippen LogP contribution in [0.25, 0.3) is 11.6 Å². The van der Waals surface area contributed by atoms with Crippen LogP contribution in [0.15, 0.2) is 72.8 Å². The molecule has 0 spiro atoms. The van der Waals surface area contributed by atoms with Crippen LogP contribution >= 0.6 is 0 Å². The van der Waals surface area contributed by atoms with Crippen LogP contribution in [0.2, 0.25) is 0 Å². The highest BCUT2D eigenvalue weighted by molar-refractivity contribution is 6.34. The van der Waals surface area contributed by atoms with Gasteiger partial charge in [-0.15, -0.1) is 0 Å². The molecule has 150 valence electrons. The third-order valence-electron chi connectivity index (χ3n) is 4.88. The summed E-state index contributed by atoms with van der Waals surface area (Å²) in [4.78, 5) is 23.3. The molecule has 0 fully saturated rings. The van der Waals surface area contributed by atoms with E-state index in [-0.39, 0.29) is 5.91 Å². The van der Waals surface area contributed by atoms with Gasteiger partial charge in [0.2, 0.25) is 5.91 Å². The Morgan fingerprint density at radius 3 is 2.27 bits per heavy atom. The van der Waals surface area contributed by atoms with Crippen molar-refractivity contribution in [2.45, 2.75) is 12.5 Å². The van der Waals surface area contributed by atoms with E-state index in [9.17, 15) is 9.59 Å². The Balaban J connectivity index is 1.44. The second-order valence-corrected chi connectivity index (χ2v) is 7.09. The SMILES string of the molecule is NC(=O)[C@@H](N)Cc1ccc(Oc2ccc(C=C3C(=O)Nc4ccccc43)cc2)cc1. The van der Waals surface area contributed by atoms with Gasteiger partial charge < -0.3 is 21.5 Å². The molecule has 6 heteroatoms. The average molecular weight is 399 g/mol. The van der Waals surface area contributed by atoms with Crippen LogP contribution in [0.5, 0.6) is 11.5 Å². The number of hydrogen-bond donors (Lipinski definition) is 3. The summed E-state index contributed by atoms with van der Waals surface area (Å²) >= 11 is 0. The van der Waals surface area contributed by atoms with E-state index >= 15 is 0 Å². The summed E-state index contributed by atoms with van der Waals surface area (Å²) in [6.45, 7) is 0. The standard InChI is InChI=1S/C24H21N3O3/c25-21(23(26)28)14-16-7-11-18(12-8-16)30-17-9-5-15(6-10-17)13-20-19-3-1-2-4-22(19)27-24(20)29/h1-13,21H,14,25H2,(H2,26,28)(H,27,29)/t21-/m0/s1. The quantitative estimate of drug-likeness (QED) is 0.553. The lowest BCUT2D eigenvalue weighted by Gasteiger charge is -2.09. The number of benzene rings is 3. The van der Waals surface area contributed by atoms with E-state index in [1.165, 1.54) is 0 Å². The molecule has 1 aliphatic heterocycles. The molecule has 0 unspecified atom stereocenters. The minimum absolute atomic E-state index is 0.104. The topological polar surface area (TPSA) is 107 Å². The average Bonchev–Trinajstić information content (AvgIpc) is 3.06. The van der Waals surface area contributed by atoms with Crippen molar-refractivity contribution in [1.29, 1.82) is 0 Å². The smallest absolute Gasteiger partial charge is 0.256 e. The number of anilines is 1. The Hall–Kier alpha value is -3.90. The molecule has 5 N–H and O–H groups in total. The lowest BCUT2D eigenvalue weighted by atomic mass is 10.0. The molecule has 3 aromatic carbocycles. The third-order valence-corrected chi connectivity index (χ3v) is 4.88. The Bertz CT molecular complexity index is 1120. The molecular formula is C24H21N3O3. The molecule has 6 nitrogen and oxygen atoms in total. The molecule has 4 rings (SSSR count). The van der Waals surface area contributed by atoms with E-state index in [1.807, 2.05) is 78.9 Å². The molecule has 0 radical (unpaired) electrons. The zero-order valence-corrected chi connectivity index (χ0v) is 16.2. The van der Waals surface area contributed by atoms with Crippen molar-refractivity contribution in [2.75, 3.05) is 5.32 Å². The van der Waals surface area contributed by atoms with Gasteiger partial charge in [0.25, 0.3) is 5.91 Å². The Labute approximate surface area is 174 Å². The number of para-hydroxylation sites is 1. The van der Waals surface area contributed by atoms with E-state index in [0.717, 1.165) is 22.4 Å². The van der Waals surface area contributed by atoms with Crippen LogP contribution in [0.3, 0.4) is 0 Å². The summed E-state index contributed by atoms with van der Waals surface area (Å²) in [7, 11) is 0. The van der Waals surface area contributed by atoms with Crippen LogP contribution in [0.1, 0.15) is 16.7 Å². The van der Waals surface area contributed by atoms with Gasteiger partial charge >= 0.3 is 0 Å². The number of rotatable bonds is 6. The predicted molar refractivity (Wildman–Crippen MR) is 117 cm³/mol. The zero-order chi connectivity index (χ0) is 21.1. The first-order valence-corrected chi connectivity index (χ1v) is 9.54. The van der Waals surface area contributed by atoms with Gasteiger partial charge in [-0.2, -0.15) is 0 Å². The summed E-state index contributed by atoms with van der Waals surface area (Å²) < 4.78 is 5.87. The minimum Gasteiger partial charge on any atom is -0.457 e. The monoisotopic (exact) mass is 399 g/mol. The first-order chi connectivity index (χ1) is 14.5. The molecule has 3 aromatic rings. The van der Waals surface area contributed by atoms with E-state index in [1.54, 1.807) is 0 Å². The van der Waals surface area contributed by atoms with Gasteiger partial charge in [0.15, 0.2) is 0 Å². The predicted octanol–water partition coefficient (Wildman–Crippen LogP) is 3.33. The summed E-state index contributed by atoms with van der Waals surface area (Å²) in [5, 5.41) is 2.87. The van der Waals surface area contributed by atoms with Crippen LogP contribution < -0.4 is 21.5 Å². The maximum absolute atomic E-state index is 12.2. The molecule has 2 amide bonds. The minimum atomic E-state index is -0.702.